The van der Waals surface area contributed by atoms with E-state index in [2.05, 4.69) is 5.32 Å². The molecular weight excluding hydrogens is 350 g/mol. The molecule has 3 rings (SSSR count). The van der Waals surface area contributed by atoms with Crippen molar-refractivity contribution in [1.82, 2.24) is 5.32 Å². The summed E-state index contributed by atoms with van der Waals surface area (Å²) in [4.78, 5) is 12.4. The quantitative estimate of drug-likeness (QED) is 0.571. The maximum Gasteiger partial charge on any atom is 0.323 e. The number of nitrogens with one attached hydrogen (secondary N) is 1. The maximum absolute atomic E-state index is 12.4. The molecule has 28 heavy (non-hydrogen) atoms. The average Bonchev–Trinajstić information content (AvgIpc) is 2.76. The highest BCUT2D eigenvalue weighted by Gasteiger charge is 2.18. The van der Waals surface area contributed by atoms with E-state index in [9.17, 15) is 4.79 Å². The summed E-state index contributed by atoms with van der Waals surface area (Å²) in [6.07, 6.45) is 0.559. The van der Waals surface area contributed by atoms with E-state index < -0.39 is 0 Å². The largest absolute Gasteiger partial charge is 0.489 e. The molecule has 4 nitrogen and oxygen atoms in total. The van der Waals surface area contributed by atoms with Crippen molar-refractivity contribution in [2.45, 2.75) is 25.7 Å². The molecule has 0 fully saturated rings. The van der Waals surface area contributed by atoms with Crippen molar-refractivity contribution < 1.29 is 14.3 Å². The average molecular weight is 375 g/mol. The summed E-state index contributed by atoms with van der Waals surface area (Å²) >= 11 is 0. The molecule has 0 aliphatic rings. The first-order valence-electron chi connectivity index (χ1n) is 9.38. The predicted octanol–water partition coefficient (Wildman–Crippen LogP) is 4.14. The first-order chi connectivity index (χ1) is 13.7. The summed E-state index contributed by atoms with van der Waals surface area (Å²) < 4.78 is 11.2. The first kappa shape index (κ1) is 19.6. The summed E-state index contributed by atoms with van der Waals surface area (Å²) in [7, 11) is 1.77. The van der Waals surface area contributed by atoms with Crippen molar-refractivity contribution in [3.63, 3.8) is 0 Å². The van der Waals surface area contributed by atoms with Gasteiger partial charge in [-0.3, -0.25) is 4.79 Å². The maximum atomic E-state index is 12.4. The van der Waals surface area contributed by atoms with Gasteiger partial charge in [-0.2, -0.15) is 0 Å². The van der Waals surface area contributed by atoms with Crippen molar-refractivity contribution in [3.05, 3.63) is 102 Å². The Kier molecular flexibility index (Phi) is 7.21. The summed E-state index contributed by atoms with van der Waals surface area (Å²) in [5.41, 5.74) is 3.15. The van der Waals surface area contributed by atoms with Crippen LogP contribution in [0.15, 0.2) is 84.9 Å². The first-order valence-corrected chi connectivity index (χ1v) is 9.38. The van der Waals surface area contributed by atoms with Gasteiger partial charge in [0.1, 0.15) is 25.0 Å². The Labute approximate surface area is 166 Å². The standard InChI is InChI=1S/C24H25NO3/c1-25-23(24(26)28-18-21-10-6-3-7-11-21)16-19-12-14-22(15-13-19)27-17-20-8-4-2-5-9-20/h2-15,23,25H,16-18H2,1H3. The number of esters is 1. The van der Waals surface area contributed by atoms with Crippen molar-refractivity contribution in [3.8, 4) is 5.75 Å². The monoisotopic (exact) mass is 375 g/mol. The fourth-order valence-electron chi connectivity index (χ4n) is 2.83. The van der Waals surface area contributed by atoms with Crippen molar-refractivity contribution in [2.75, 3.05) is 7.05 Å². The Morgan fingerprint density at radius 1 is 0.786 bits per heavy atom. The molecule has 0 aliphatic carbocycles. The van der Waals surface area contributed by atoms with E-state index in [1.54, 1.807) is 7.05 Å². The Morgan fingerprint density at radius 3 is 1.93 bits per heavy atom. The Hall–Kier alpha value is -3.11. The van der Waals surface area contributed by atoms with Crippen LogP contribution in [0, 0.1) is 0 Å². The van der Waals surface area contributed by atoms with Crippen molar-refractivity contribution in [1.29, 1.82) is 0 Å². The minimum absolute atomic E-state index is 0.254. The van der Waals surface area contributed by atoms with Crippen LogP contribution in [0.5, 0.6) is 5.75 Å². The molecule has 144 valence electrons. The highest BCUT2D eigenvalue weighted by molar-refractivity contribution is 5.76. The second kappa shape index (κ2) is 10.3. The number of ether oxygens (including phenoxy) is 2. The molecule has 0 spiro atoms. The van der Waals surface area contributed by atoms with E-state index in [-0.39, 0.29) is 18.6 Å². The number of carbonyl (C=O) groups excluding carboxylic acids is 1. The fraction of sp³-hybridized carbons (Fsp3) is 0.208. The van der Waals surface area contributed by atoms with Gasteiger partial charge >= 0.3 is 5.97 Å². The van der Waals surface area contributed by atoms with Gasteiger partial charge < -0.3 is 14.8 Å². The third kappa shape index (κ3) is 5.96. The zero-order chi connectivity index (χ0) is 19.6. The lowest BCUT2D eigenvalue weighted by Gasteiger charge is -2.16. The highest BCUT2D eigenvalue weighted by Crippen LogP contribution is 2.16. The minimum atomic E-state index is -0.389. The molecule has 1 unspecified atom stereocenters. The van der Waals surface area contributed by atoms with E-state index in [0.29, 0.717) is 13.0 Å². The van der Waals surface area contributed by atoms with E-state index in [4.69, 9.17) is 9.47 Å². The lowest BCUT2D eigenvalue weighted by atomic mass is 10.1. The third-order valence-electron chi connectivity index (χ3n) is 4.47. The van der Waals surface area contributed by atoms with E-state index in [1.165, 1.54) is 0 Å². The van der Waals surface area contributed by atoms with Gasteiger partial charge in [0.2, 0.25) is 0 Å². The van der Waals surface area contributed by atoms with Crippen LogP contribution in [-0.2, 0) is 29.2 Å². The summed E-state index contributed by atoms with van der Waals surface area (Å²) in [5.74, 6) is 0.552. The number of hydrogen-bond acceptors (Lipinski definition) is 4. The van der Waals surface area contributed by atoms with E-state index in [1.807, 2.05) is 84.9 Å². The lowest BCUT2D eigenvalue weighted by molar-refractivity contribution is -0.147. The van der Waals surface area contributed by atoms with Gasteiger partial charge in [-0.15, -0.1) is 0 Å². The number of likely N-dealkylation sites (N-methyl/N-ethyl adjacent to an activating group) is 1. The van der Waals surface area contributed by atoms with Crippen LogP contribution in [0.1, 0.15) is 16.7 Å². The molecule has 4 heteroatoms. The van der Waals surface area contributed by atoms with Crippen LogP contribution in [0.3, 0.4) is 0 Å². The summed E-state index contributed by atoms with van der Waals surface area (Å²) in [6.45, 7) is 0.815. The van der Waals surface area contributed by atoms with E-state index >= 15 is 0 Å². The molecule has 3 aromatic carbocycles. The van der Waals surface area contributed by atoms with Gasteiger partial charge in [0.05, 0.1) is 0 Å². The van der Waals surface area contributed by atoms with Crippen LogP contribution in [0.4, 0.5) is 0 Å². The topological polar surface area (TPSA) is 47.6 Å². The SMILES string of the molecule is CNC(Cc1ccc(OCc2ccccc2)cc1)C(=O)OCc1ccccc1. The van der Waals surface area contributed by atoms with Crippen molar-refractivity contribution >= 4 is 5.97 Å². The van der Waals surface area contributed by atoms with Gasteiger partial charge in [0.25, 0.3) is 0 Å². The van der Waals surface area contributed by atoms with Gasteiger partial charge in [-0.05, 0) is 42.3 Å². The Morgan fingerprint density at radius 2 is 1.36 bits per heavy atom. The molecule has 3 aromatic rings. The molecule has 0 aromatic heterocycles. The lowest BCUT2D eigenvalue weighted by Crippen LogP contribution is -2.37. The number of hydrogen-bond donors (Lipinski definition) is 1. The third-order valence-corrected chi connectivity index (χ3v) is 4.47. The van der Waals surface area contributed by atoms with Gasteiger partial charge in [-0.1, -0.05) is 72.8 Å². The molecule has 0 aliphatic heterocycles. The second-order valence-corrected chi connectivity index (χ2v) is 6.56. The summed E-state index contributed by atoms with van der Waals surface area (Å²) in [6, 6.07) is 27.2. The predicted molar refractivity (Wildman–Crippen MR) is 110 cm³/mol. The van der Waals surface area contributed by atoms with Crippen molar-refractivity contribution in [2.24, 2.45) is 0 Å². The minimum Gasteiger partial charge on any atom is -0.489 e. The zero-order valence-corrected chi connectivity index (χ0v) is 16.0. The smallest absolute Gasteiger partial charge is 0.323 e. The van der Waals surface area contributed by atoms with Crippen LogP contribution in [0.25, 0.3) is 0 Å². The molecule has 0 amide bonds. The Bertz CT molecular complexity index is 848. The Balaban J connectivity index is 1.50. The molecule has 0 saturated carbocycles. The number of carbonyl (C=O) groups is 1. The van der Waals surface area contributed by atoms with Crippen LogP contribution >= 0.6 is 0 Å². The normalized spacial score (nSPS) is 11.6. The highest BCUT2D eigenvalue weighted by atomic mass is 16.5. The van der Waals surface area contributed by atoms with Crippen LogP contribution < -0.4 is 10.1 Å². The second-order valence-electron chi connectivity index (χ2n) is 6.56. The molecule has 0 heterocycles. The van der Waals surface area contributed by atoms with Gasteiger partial charge in [0.15, 0.2) is 0 Å². The number of benzene rings is 3. The van der Waals surface area contributed by atoms with E-state index in [0.717, 1.165) is 22.4 Å². The van der Waals surface area contributed by atoms with Gasteiger partial charge in [0, 0.05) is 0 Å². The molecule has 1 N–H and O–H groups in total. The number of rotatable bonds is 9. The molecule has 0 saturated heterocycles. The molecular formula is C24H25NO3. The van der Waals surface area contributed by atoms with Crippen LogP contribution in [-0.4, -0.2) is 19.1 Å². The van der Waals surface area contributed by atoms with Crippen LogP contribution in [0.2, 0.25) is 0 Å². The molecule has 0 bridgehead atoms. The molecule has 1 atom stereocenters. The molecule has 0 radical (unpaired) electrons. The fourth-order valence-corrected chi connectivity index (χ4v) is 2.83. The zero-order valence-electron chi connectivity index (χ0n) is 16.0. The van der Waals surface area contributed by atoms with Gasteiger partial charge in [-0.25, -0.2) is 0 Å². The summed E-state index contributed by atoms with van der Waals surface area (Å²) in [5, 5.41) is 3.04.